The molecule has 0 aliphatic carbocycles. The first-order valence-corrected chi connectivity index (χ1v) is 7.64. The lowest BCUT2D eigenvalue weighted by Gasteiger charge is -2.25. The van der Waals surface area contributed by atoms with Crippen molar-refractivity contribution in [1.29, 1.82) is 0 Å². The summed E-state index contributed by atoms with van der Waals surface area (Å²) in [4.78, 5) is 2.39. The average Bonchev–Trinajstić information content (AvgIpc) is 2.42. The van der Waals surface area contributed by atoms with Crippen LogP contribution in [0.4, 0.5) is 0 Å². The molecule has 1 atom stereocenters. The first-order valence-electron chi connectivity index (χ1n) is 7.26. The summed E-state index contributed by atoms with van der Waals surface area (Å²) in [5, 5.41) is 4.06. The van der Waals surface area contributed by atoms with Crippen LogP contribution in [0.2, 0.25) is 5.02 Å². The van der Waals surface area contributed by atoms with Crippen LogP contribution in [0.1, 0.15) is 44.2 Å². The van der Waals surface area contributed by atoms with Crippen LogP contribution in [-0.4, -0.2) is 32.1 Å². The van der Waals surface area contributed by atoms with Gasteiger partial charge in [0.1, 0.15) is 0 Å². The SMILES string of the molecule is CNCCCCCCN(C)C(C)c1ccccc1Cl. The van der Waals surface area contributed by atoms with E-state index in [0.29, 0.717) is 6.04 Å². The Morgan fingerprint density at radius 2 is 1.84 bits per heavy atom. The maximum absolute atomic E-state index is 6.25. The molecule has 0 aromatic heterocycles. The van der Waals surface area contributed by atoms with Gasteiger partial charge < -0.3 is 5.32 Å². The summed E-state index contributed by atoms with van der Waals surface area (Å²) in [7, 11) is 4.20. The van der Waals surface area contributed by atoms with E-state index in [1.165, 1.54) is 31.2 Å². The molecule has 0 spiro atoms. The summed E-state index contributed by atoms with van der Waals surface area (Å²) in [6.07, 6.45) is 5.16. The molecule has 0 aliphatic rings. The van der Waals surface area contributed by atoms with Crippen molar-refractivity contribution in [3.8, 4) is 0 Å². The molecule has 1 aromatic rings. The predicted molar refractivity (Wildman–Crippen MR) is 84.9 cm³/mol. The van der Waals surface area contributed by atoms with Crippen molar-refractivity contribution in [3.05, 3.63) is 34.9 Å². The molecule has 1 unspecified atom stereocenters. The number of benzene rings is 1. The fourth-order valence-electron chi connectivity index (χ4n) is 2.26. The van der Waals surface area contributed by atoms with Crippen LogP contribution in [0.15, 0.2) is 24.3 Å². The van der Waals surface area contributed by atoms with Gasteiger partial charge in [-0.05, 0) is 58.6 Å². The zero-order valence-corrected chi connectivity index (χ0v) is 13.2. The molecule has 1 rings (SSSR count). The number of nitrogens with one attached hydrogen (secondary N) is 1. The minimum absolute atomic E-state index is 0.381. The van der Waals surface area contributed by atoms with Gasteiger partial charge in [0.15, 0.2) is 0 Å². The fraction of sp³-hybridized carbons (Fsp3) is 0.625. The lowest BCUT2D eigenvalue weighted by atomic mass is 10.1. The van der Waals surface area contributed by atoms with Crippen molar-refractivity contribution in [1.82, 2.24) is 10.2 Å². The Balaban J connectivity index is 2.29. The molecule has 2 nitrogen and oxygen atoms in total. The minimum Gasteiger partial charge on any atom is -0.320 e. The second-order valence-electron chi connectivity index (χ2n) is 5.20. The lowest BCUT2D eigenvalue weighted by molar-refractivity contribution is 0.255. The molecular weight excluding hydrogens is 256 g/mol. The van der Waals surface area contributed by atoms with E-state index in [-0.39, 0.29) is 0 Å². The third-order valence-corrected chi connectivity index (χ3v) is 4.05. The van der Waals surface area contributed by atoms with Crippen LogP contribution in [0.5, 0.6) is 0 Å². The zero-order chi connectivity index (χ0) is 14.1. The summed E-state index contributed by atoms with van der Waals surface area (Å²) in [5.74, 6) is 0. The monoisotopic (exact) mass is 282 g/mol. The third kappa shape index (κ3) is 5.94. The van der Waals surface area contributed by atoms with Crippen molar-refractivity contribution in [2.45, 2.75) is 38.6 Å². The van der Waals surface area contributed by atoms with Crippen LogP contribution in [-0.2, 0) is 0 Å². The van der Waals surface area contributed by atoms with Crippen LogP contribution < -0.4 is 5.32 Å². The van der Waals surface area contributed by atoms with Gasteiger partial charge in [-0.1, -0.05) is 42.6 Å². The Labute approximate surface area is 123 Å². The molecule has 0 fully saturated rings. The van der Waals surface area contributed by atoms with Gasteiger partial charge in [-0.25, -0.2) is 0 Å². The highest BCUT2D eigenvalue weighted by atomic mass is 35.5. The molecular formula is C16H27ClN2. The van der Waals surface area contributed by atoms with Crippen LogP contribution in [0, 0.1) is 0 Å². The number of rotatable bonds is 9. The first-order chi connectivity index (χ1) is 9.16. The van der Waals surface area contributed by atoms with E-state index < -0.39 is 0 Å². The molecule has 0 bridgehead atoms. The topological polar surface area (TPSA) is 15.3 Å². The molecule has 19 heavy (non-hydrogen) atoms. The van der Waals surface area contributed by atoms with E-state index in [2.05, 4.69) is 36.3 Å². The van der Waals surface area contributed by atoms with Crippen LogP contribution >= 0.6 is 11.6 Å². The Morgan fingerprint density at radius 1 is 1.16 bits per heavy atom. The summed E-state index contributed by atoms with van der Waals surface area (Å²) in [6.45, 7) is 4.49. The maximum Gasteiger partial charge on any atom is 0.0453 e. The standard InChI is InChI=1S/C16H27ClN2/c1-14(15-10-6-7-11-16(15)17)19(3)13-9-5-4-8-12-18-2/h6-7,10-11,14,18H,4-5,8-9,12-13H2,1-3H3. The van der Waals surface area contributed by atoms with Gasteiger partial charge >= 0.3 is 0 Å². The van der Waals surface area contributed by atoms with E-state index in [4.69, 9.17) is 11.6 Å². The Hall–Kier alpha value is -0.570. The second-order valence-corrected chi connectivity index (χ2v) is 5.60. The number of nitrogens with zero attached hydrogens (tertiary/aromatic N) is 1. The van der Waals surface area contributed by atoms with Gasteiger partial charge in [-0.2, -0.15) is 0 Å². The molecule has 0 aliphatic heterocycles. The highest BCUT2D eigenvalue weighted by molar-refractivity contribution is 6.31. The third-order valence-electron chi connectivity index (χ3n) is 3.70. The van der Waals surface area contributed by atoms with Crippen molar-refractivity contribution in [2.75, 3.05) is 27.2 Å². The molecule has 108 valence electrons. The van der Waals surface area contributed by atoms with Gasteiger partial charge in [0.25, 0.3) is 0 Å². The molecule has 0 saturated heterocycles. The molecule has 0 heterocycles. The van der Waals surface area contributed by atoms with E-state index >= 15 is 0 Å². The van der Waals surface area contributed by atoms with Crippen molar-refractivity contribution < 1.29 is 0 Å². The summed E-state index contributed by atoms with van der Waals surface area (Å²) >= 11 is 6.25. The lowest BCUT2D eigenvalue weighted by Crippen LogP contribution is -2.23. The Morgan fingerprint density at radius 3 is 2.53 bits per heavy atom. The zero-order valence-electron chi connectivity index (χ0n) is 12.5. The molecule has 1 N–H and O–H groups in total. The normalized spacial score (nSPS) is 12.9. The van der Waals surface area contributed by atoms with E-state index in [1.54, 1.807) is 0 Å². The van der Waals surface area contributed by atoms with Crippen molar-refractivity contribution in [3.63, 3.8) is 0 Å². The quantitative estimate of drug-likeness (QED) is 0.686. The fourth-order valence-corrected chi connectivity index (χ4v) is 2.56. The van der Waals surface area contributed by atoms with Gasteiger partial charge in [-0.15, -0.1) is 0 Å². The molecule has 3 heteroatoms. The van der Waals surface area contributed by atoms with E-state index in [0.717, 1.165) is 18.1 Å². The van der Waals surface area contributed by atoms with Crippen LogP contribution in [0.3, 0.4) is 0 Å². The minimum atomic E-state index is 0.381. The van der Waals surface area contributed by atoms with Crippen LogP contribution in [0.25, 0.3) is 0 Å². The van der Waals surface area contributed by atoms with Gasteiger partial charge in [0.2, 0.25) is 0 Å². The summed E-state index contributed by atoms with van der Waals surface area (Å²) in [5.41, 5.74) is 1.22. The van der Waals surface area contributed by atoms with E-state index in [9.17, 15) is 0 Å². The smallest absolute Gasteiger partial charge is 0.0453 e. The van der Waals surface area contributed by atoms with Crippen molar-refractivity contribution in [2.24, 2.45) is 0 Å². The molecule has 0 radical (unpaired) electrons. The average molecular weight is 283 g/mol. The number of hydrogen-bond donors (Lipinski definition) is 1. The van der Waals surface area contributed by atoms with Gasteiger partial charge in [-0.3, -0.25) is 4.90 Å². The predicted octanol–water partition coefficient (Wildman–Crippen LogP) is 4.11. The molecule has 0 saturated carbocycles. The first kappa shape index (κ1) is 16.5. The van der Waals surface area contributed by atoms with Gasteiger partial charge in [0.05, 0.1) is 0 Å². The Kier molecular flexibility index (Phi) is 8.11. The largest absolute Gasteiger partial charge is 0.320 e. The molecule has 0 amide bonds. The van der Waals surface area contributed by atoms with Gasteiger partial charge in [0, 0.05) is 11.1 Å². The van der Waals surface area contributed by atoms with Crippen molar-refractivity contribution >= 4 is 11.6 Å². The highest BCUT2D eigenvalue weighted by Gasteiger charge is 2.13. The Bertz CT molecular complexity index is 354. The van der Waals surface area contributed by atoms with E-state index in [1.807, 2.05) is 19.2 Å². The highest BCUT2D eigenvalue weighted by Crippen LogP contribution is 2.26. The summed E-state index contributed by atoms with van der Waals surface area (Å²) < 4.78 is 0. The number of unbranched alkanes of at least 4 members (excludes halogenated alkanes) is 3. The second kappa shape index (κ2) is 9.35. The summed E-state index contributed by atoms with van der Waals surface area (Å²) in [6, 6.07) is 8.52. The molecule has 1 aromatic carbocycles. The number of hydrogen-bond acceptors (Lipinski definition) is 2. The number of halogens is 1. The maximum atomic E-state index is 6.25.